The number of amides is 1. The maximum atomic E-state index is 12.2. The van der Waals surface area contributed by atoms with Crippen LogP contribution in [-0.2, 0) is 7.05 Å². The van der Waals surface area contributed by atoms with Gasteiger partial charge in [-0.3, -0.25) is 9.48 Å². The van der Waals surface area contributed by atoms with Gasteiger partial charge in [0, 0.05) is 32.4 Å². The first-order valence-corrected chi connectivity index (χ1v) is 7.90. The van der Waals surface area contributed by atoms with Crippen LogP contribution in [0.4, 0.5) is 5.69 Å². The number of hydrogen-bond acceptors (Lipinski definition) is 5. The molecule has 3 rings (SSSR count). The highest BCUT2D eigenvalue weighted by Gasteiger charge is 2.23. The minimum Gasteiger partial charge on any atom is -0.367 e. The summed E-state index contributed by atoms with van der Waals surface area (Å²) in [5.41, 5.74) is 1.12. The third kappa shape index (κ3) is 3.24. The minimum absolute atomic E-state index is 0.0152. The Kier molecular flexibility index (Phi) is 3.92. The first kappa shape index (κ1) is 14.1. The van der Waals surface area contributed by atoms with Gasteiger partial charge in [-0.2, -0.15) is 5.10 Å². The van der Waals surface area contributed by atoms with E-state index in [0.717, 1.165) is 36.6 Å². The van der Waals surface area contributed by atoms with Gasteiger partial charge >= 0.3 is 0 Å². The maximum Gasteiger partial charge on any atom is 0.263 e. The molecule has 0 bridgehead atoms. The Morgan fingerprint density at radius 2 is 2.33 bits per heavy atom. The van der Waals surface area contributed by atoms with E-state index in [9.17, 15) is 4.79 Å². The van der Waals surface area contributed by atoms with Crippen molar-refractivity contribution >= 4 is 22.9 Å². The van der Waals surface area contributed by atoms with Gasteiger partial charge in [0.15, 0.2) is 0 Å². The quantitative estimate of drug-likeness (QED) is 0.935. The van der Waals surface area contributed by atoms with Crippen molar-refractivity contribution in [2.24, 2.45) is 7.05 Å². The lowest BCUT2D eigenvalue weighted by atomic mass is 10.1. The van der Waals surface area contributed by atoms with Crippen LogP contribution in [0, 0.1) is 6.92 Å². The lowest BCUT2D eigenvalue weighted by Gasteiger charge is -2.33. The fourth-order valence-corrected chi connectivity index (χ4v) is 3.30. The summed E-state index contributed by atoms with van der Waals surface area (Å²) in [7, 11) is 1.92. The number of piperidine rings is 1. The Balaban J connectivity index is 1.62. The molecular weight excluding hydrogens is 286 g/mol. The van der Waals surface area contributed by atoms with Crippen molar-refractivity contribution in [3.8, 4) is 0 Å². The topological polar surface area (TPSA) is 63.1 Å². The summed E-state index contributed by atoms with van der Waals surface area (Å²) in [6, 6.07) is 0.175. The molecule has 0 aliphatic carbocycles. The van der Waals surface area contributed by atoms with E-state index in [1.54, 1.807) is 10.9 Å². The zero-order valence-corrected chi connectivity index (χ0v) is 13.1. The van der Waals surface area contributed by atoms with Crippen LogP contribution in [0.3, 0.4) is 0 Å². The molecule has 1 unspecified atom stereocenters. The van der Waals surface area contributed by atoms with Crippen LogP contribution in [0.25, 0.3) is 0 Å². The number of aryl methyl sites for hydroxylation is 2. The summed E-state index contributed by atoms with van der Waals surface area (Å²) in [5, 5.41) is 8.24. The number of nitrogens with zero attached hydrogens (tertiary/aromatic N) is 4. The average Bonchev–Trinajstić information content (AvgIpc) is 3.08. The van der Waals surface area contributed by atoms with E-state index < -0.39 is 0 Å². The van der Waals surface area contributed by atoms with Gasteiger partial charge < -0.3 is 10.2 Å². The van der Waals surface area contributed by atoms with Crippen LogP contribution >= 0.6 is 11.3 Å². The zero-order valence-electron chi connectivity index (χ0n) is 12.2. The maximum absolute atomic E-state index is 12.2. The highest BCUT2D eigenvalue weighted by Crippen LogP contribution is 2.19. The van der Waals surface area contributed by atoms with E-state index in [0.29, 0.717) is 4.88 Å². The van der Waals surface area contributed by atoms with Gasteiger partial charge in [-0.05, 0) is 19.8 Å². The second-order valence-corrected chi connectivity index (χ2v) is 6.61. The predicted molar refractivity (Wildman–Crippen MR) is 82.8 cm³/mol. The molecule has 1 saturated heterocycles. The lowest BCUT2D eigenvalue weighted by molar-refractivity contribution is 0.0937. The van der Waals surface area contributed by atoms with Crippen LogP contribution in [0.15, 0.2) is 18.6 Å². The number of rotatable bonds is 3. The van der Waals surface area contributed by atoms with Gasteiger partial charge in [0.2, 0.25) is 0 Å². The fourth-order valence-electron chi connectivity index (χ4n) is 2.62. The van der Waals surface area contributed by atoms with Crippen molar-refractivity contribution in [1.29, 1.82) is 0 Å². The molecule has 1 atom stereocenters. The van der Waals surface area contributed by atoms with Crippen molar-refractivity contribution in [1.82, 2.24) is 20.1 Å². The minimum atomic E-state index is -0.0152. The van der Waals surface area contributed by atoms with Crippen molar-refractivity contribution in [3.05, 3.63) is 28.5 Å². The summed E-state index contributed by atoms with van der Waals surface area (Å²) < 4.78 is 1.80. The molecule has 1 N–H and O–H groups in total. The van der Waals surface area contributed by atoms with Gasteiger partial charge in [-0.25, -0.2) is 4.98 Å². The molecule has 0 radical (unpaired) electrons. The summed E-state index contributed by atoms with van der Waals surface area (Å²) >= 11 is 1.43. The molecule has 3 heterocycles. The smallest absolute Gasteiger partial charge is 0.263 e. The fraction of sp³-hybridized carbons (Fsp3) is 0.500. The van der Waals surface area contributed by atoms with Crippen molar-refractivity contribution < 1.29 is 4.79 Å². The number of carbonyl (C=O) groups is 1. The molecule has 2 aromatic heterocycles. The molecule has 0 saturated carbocycles. The largest absolute Gasteiger partial charge is 0.367 e. The number of aromatic nitrogens is 3. The molecule has 112 valence electrons. The van der Waals surface area contributed by atoms with E-state index in [-0.39, 0.29) is 11.9 Å². The molecule has 1 amide bonds. The Morgan fingerprint density at radius 1 is 1.48 bits per heavy atom. The van der Waals surface area contributed by atoms with Gasteiger partial charge in [0.1, 0.15) is 4.88 Å². The molecule has 1 aliphatic heterocycles. The number of anilines is 1. The van der Waals surface area contributed by atoms with Crippen molar-refractivity contribution in [3.63, 3.8) is 0 Å². The molecular formula is C14H19N5OS. The van der Waals surface area contributed by atoms with Gasteiger partial charge in [0.25, 0.3) is 5.91 Å². The third-order valence-electron chi connectivity index (χ3n) is 3.66. The predicted octanol–water partition coefficient (Wildman–Crippen LogP) is 1.58. The number of nitrogens with one attached hydrogen (secondary N) is 1. The van der Waals surface area contributed by atoms with E-state index in [2.05, 4.69) is 20.3 Å². The van der Waals surface area contributed by atoms with Crippen LogP contribution in [0.1, 0.15) is 27.5 Å². The van der Waals surface area contributed by atoms with E-state index in [4.69, 9.17) is 0 Å². The van der Waals surface area contributed by atoms with Crippen LogP contribution in [0.5, 0.6) is 0 Å². The number of carbonyl (C=O) groups excluding carboxylic acids is 1. The SMILES string of the molecule is Cc1ncc(C(=O)NC2CCCN(c3cnn(C)c3)C2)s1. The number of hydrogen-bond donors (Lipinski definition) is 1. The monoisotopic (exact) mass is 305 g/mol. The summed E-state index contributed by atoms with van der Waals surface area (Å²) in [6.07, 6.45) is 7.62. The summed E-state index contributed by atoms with van der Waals surface area (Å²) in [5.74, 6) is -0.0152. The second kappa shape index (κ2) is 5.85. The average molecular weight is 305 g/mol. The van der Waals surface area contributed by atoms with Crippen molar-refractivity contribution in [2.45, 2.75) is 25.8 Å². The van der Waals surface area contributed by atoms with Crippen LogP contribution in [0.2, 0.25) is 0 Å². The molecule has 0 aromatic carbocycles. The lowest BCUT2D eigenvalue weighted by Crippen LogP contribution is -2.47. The molecule has 7 heteroatoms. The molecule has 6 nitrogen and oxygen atoms in total. The first-order chi connectivity index (χ1) is 10.1. The zero-order chi connectivity index (χ0) is 14.8. The standard InChI is InChI=1S/C14H19N5OS/c1-10-15-7-13(21-10)14(20)17-11-4-3-5-19(8-11)12-6-16-18(2)9-12/h6-7,9,11H,3-5,8H2,1-2H3,(H,17,20). The highest BCUT2D eigenvalue weighted by molar-refractivity contribution is 7.13. The Labute approximate surface area is 127 Å². The number of thiazole rings is 1. The normalized spacial score (nSPS) is 18.8. The summed E-state index contributed by atoms with van der Waals surface area (Å²) in [6.45, 7) is 3.75. The highest BCUT2D eigenvalue weighted by atomic mass is 32.1. The third-order valence-corrected chi connectivity index (χ3v) is 4.57. The molecule has 1 fully saturated rings. The first-order valence-electron chi connectivity index (χ1n) is 7.09. The molecule has 1 aliphatic rings. The molecule has 2 aromatic rings. The second-order valence-electron chi connectivity index (χ2n) is 5.37. The Bertz CT molecular complexity index is 635. The van der Waals surface area contributed by atoms with E-state index >= 15 is 0 Å². The van der Waals surface area contributed by atoms with E-state index in [1.807, 2.05) is 26.4 Å². The summed E-state index contributed by atoms with van der Waals surface area (Å²) in [4.78, 5) is 19.3. The Hall–Kier alpha value is -1.89. The molecule has 0 spiro atoms. The Morgan fingerprint density at radius 3 is 3.00 bits per heavy atom. The molecule has 21 heavy (non-hydrogen) atoms. The van der Waals surface area contributed by atoms with E-state index in [1.165, 1.54) is 11.3 Å². The van der Waals surface area contributed by atoms with Crippen molar-refractivity contribution in [2.75, 3.05) is 18.0 Å². The van der Waals surface area contributed by atoms with Gasteiger partial charge in [-0.15, -0.1) is 11.3 Å². The van der Waals surface area contributed by atoms with Gasteiger partial charge in [-0.1, -0.05) is 0 Å². The van der Waals surface area contributed by atoms with Crippen LogP contribution < -0.4 is 10.2 Å². The van der Waals surface area contributed by atoms with Crippen LogP contribution in [-0.4, -0.2) is 39.8 Å². The van der Waals surface area contributed by atoms with Gasteiger partial charge in [0.05, 0.1) is 23.1 Å².